The van der Waals surface area contributed by atoms with Crippen LogP contribution in [0.1, 0.15) is 10.4 Å². The molecule has 14 heavy (non-hydrogen) atoms. The van der Waals surface area contributed by atoms with Gasteiger partial charge in [0.05, 0.1) is 12.0 Å². The van der Waals surface area contributed by atoms with Crippen LogP contribution in [0.25, 0.3) is 5.69 Å². The van der Waals surface area contributed by atoms with Crippen LogP contribution in [-0.2, 0) is 0 Å². The highest BCUT2D eigenvalue weighted by Crippen LogP contribution is 2.23. The van der Waals surface area contributed by atoms with Crippen LogP contribution in [-0.4, -0.2) is 15.8 Å². The van der Waals surface area contributed by atoms with E-state index >= 15 is 0 Å². The van der Waals surface area contributed by atoms with Crippen molar-refractivity contribution in [2.24, 2.45) is 0 Å². The second-order valence-corrected chi connectivity index (χ2v) is 3.62. The third-order valence-corrected chi connectivity index (χ3v) is 2.55. The van der Waals surface area contributed by atoms with E-state index in [9.17, 15) is 4.79 Å². The van der Waals surface area contributed by atoms with Crippen molar-refractivity contribution in [3.8, 4) is 5.69 Å². The fourth-order valence-electron chi connectivity index (χ4n) is 1.29. The lowest BCUT2D eigenvalue weighted by molar-refractivity contribution is 0.112. The van der Waals surface area contributed by atoms with Crippen LogP contribution in [0.15, 0.2) is 41.4 Å². The van der Waals surface area contributed by atoms with Gasteiger partial charge in [0.1, 0.15) is 0 Å². The summed E-state index contributed by atoms with van der Waals surface area (Å²) in [6.45, 7) is 0. The average Bonchev–Trinajstić information content (AvgIpc) is 2.70. The molecule has 0 saturated heterocycles. The van der Waals surface area contributed by atoms with Gasteiger partial charge in [-0.15, -0.1) is 0 Å². The molecule has 4 heteroatoms. The summed E-state index contributed by atoms with van der Waals surface area (Å²) in [7, 11) is 0. The Morgan fingerprint density at radius 1 is 1.43 bits per heavy atom. The summed E-state index contributed by atoms with van der Waals surface area (Å²) in [5.41, 5.74) is 1.46. The van der Waals surface area contributed by atoms with Gasteiger partial charge < -0.3 is 4.57 Å². The molecule has 2 rings (SSSR count). The number of aldehydes is 1. The molecule has 0 spiro atoms. The van der Waals surface area contributed by atoms with Crippen LogP contribution < -0.4 is 0 Å². The van der Waals surface area contributed by atoms with E-state index in [1.807, 2.05) is 12.1 Å². The molecule has 0 bridgehead atoms. The van der Waals surface area contributed by atoms with Gasteiger partial charge in [-0.25, -0.2) is 4.98 Å². The van der Waals surface area contributed by atoms with Crippen LogP contribution in [0.5, 0.6) is 0 Å². The van der Waals surface area contributed by atoms with Crippen molar-refractivity contribution in [2.45, 2.75) is 0 Å². The van der Waals surface area contributed by atoms with E-state index < -0.39 is 0 Å². The number of imidazole rings is 1. The normalized spacial score (nSPS) is 10.1. The molecule has 1 aromatic heterocycles. The summed E-state index contributed by atoms with van der Waals surface area (Å²) in [5.74, 6) is 0. The Morgan fingerprint density at radius 3 is 2.93 bits per heavy atom. The molecule has 0 aliphatic rings. The Kier molecular flexibility index (Phi) is 2.45. The zero-order chi connectivity index (χ0) is 9.97. The minimum absolute atomic E-state index is 0.636. The van der Waals surface area contributed by atoms with Crippen molar-refractivity contribution in [2.75, 3.05) is 0 Å². The first-order chi connectivity index (χ1) is 6.83. The lowest BCUT2D eigenvalue weighted by atomic mass is 10.2. The van der Waals surface area contributed by atoms with Gasteiger partial charge in [0.15, 0.2) is 6.29 Å². The molecular formula is C10H7BrN2O. The van der Waals surface area contributed by atoms with Crippen molar-refractivity contribution in [1.29, 1.82) is 0 Å². The molecule has 0 aliphatic carbocycles. The summed E-state index contributed by atoms with van der Waals surface area (Å²) >= 11 is 3.40. The Bertz CT molecular complexity index is 451. The van der Waals surface area contributed by atoms with Crippen molar-refractivity contribution < 1.29 is 4.79 Å². The highest BCUT2D eigenvalue weighted by molar-refractivity contribution is 9.10. The van der Waals surface area contributed by atoms with E-state index in [1.54, 1.807) is 29.4 Å². The quantitative estimate of drug-likeness (QED) is 0.768. The highest BCUT2D eigenvalue weighted by Gasteiger charge is 2.06. The predicted octanol–water partition coefficient (Wildman–Crippen LogP) is 2.45. The van der Waals surface area contributed by atoms with Gasteiger partial charge in [-0.3, -0.25) is 4.79 Å². The predicted molar refractivity (Wildman–Crippen MR) is 56.7 cm³/mol. The maximum atomic E-state index is 10.8. The van der Waals surface area contributed by atoms with Crippen molar-refractivity contribution in [3.05, 3.63) is 47.0 Å². The number of aromatic nitrogens is 2. The Labute approximate surface area is 89.5 Å². The van der Waals surface area contributed by atoms with Crippen LogP contribution in [0.3, 0.4) is 0 Å². The van der Waals surface area contributed by atoms with E-state index in [0.717, 1.165) is 16.4 Å². The first-order valence-corrected chi connectivity index (χ1v) is 4.84. The van der Waals surface area contributed by atoms with Gasteiger partial charge >= 0.3 is 0 Å². The number of benzene rings is 1. The number of halogens is 1. The van der Waals surface area contributed by atoms with E-state index in [-0.39, 0.29) is 0 Å². The summed E-state index contributed by atoms with van der Waals surface area (Å²) < 4.78 is 2.67. The molecule has 0 N–H and O–H groups in total. The first-order valence-electron chi connectivity index (χ1n) is 4.05. The van der Waals surface area contributed by atoms with Gasteiger partial charge in [0.25, 0.3) is 0 Å². The fraction of sp³-hybridized carbons (Fsp3) is 0. The highest BCUT2D eigenvalue weighted by atomic mass is 79.9. The zero-order valence-corrected chi connectivity index (χ0v) is 8.81. The van der Waals surface area contributed by atoms with E-state index in [2.05, 4.69) is 20.9 Å². The molecular weight excluding hydrogens is 244 g/mol. The molecule has 1 heterocycles. The second kappa shape index (κ2) is 3.75. The third kappa shape index (κ3) is 1.48. The maximum Gasteiger partial charge on any atom is 0.152 e. The molecule has 70 valence electrons. The molecule has 0 unspecified atom stereocenters. The van der Waals surface area contributed by atoms with Crippen molar-refractivity contribution >= 4 is 22.2 Å². The van der Waals surface area contributed by atoms with E-state index in [4.69, 9.17) is 0 Å². The van der Waals surface area contributed by atoms with Gasteiger partial charge in [0.2, 0.25) is 0 Å². The minimum atomic E-state index is 0.636. The number of nitrogens with zero attached hydrogens (tertiary/aromatic N) is 2. The topological polar surface area (TPSA) is 34.9 Å². The number of hydrogen-bond donors (Lipinski definition) is 0. The van der Waals surface area contributed by atoms with Gasteiger partial charge in [0, 0.05) is 22.4 Å². The van der Waals surface area contributed by atoms with Crippen LogP contribution in [0, 0.1) is 0 Å². The number of carbonyl (C=O) groups is 1. The summed E-state index contributed by atoms with van der Waals surface area (Å²) in [6.07, 6.45) is 5.97. The molecule has 0 atom stereocenters. The number of hydrogen-bond acceptors (Lipinski definition) is 2. The largest absolute Gasteiger partial charge is 0.304 e. The van der Waals surface area contributed by atoms with Gasteiger partial charge in [-0.1, -0.05) is 6.07 Å². The Hall–Kier alpha value is -1.42. The standard InChI is InChI=1S/C10H7BrN2O/c11-9-3-1-2-8(6-14)10(9)13-5-4-12-7-13/h1-7H. The fourth-order valence-corrected chi connectivity index (χ4v) is 1.88. The molecule has 0 aliphatic heterocycles. The number of carbonyl (C=O) groups excluding carboxylic acids is 1. The van der Waals surface area contributed by atoms with Crippen LogP contribution >= 0.6 is 15.9 Å². The van der Waals surface area contributed by atoms with Crippen molar-refractivity contribution in [3.63, 3.8) is 0 Å². The summed E-state index contributed by atoms with van der Waals surface area (Å²) in [5, 5.41) is 0. The monoisotopic (exact) mass is 250 g/mol. The molecule has 0 fully saturated rings. The van der Waals surface area contributed by atoms with Gasteiger partial charge in [-0.05, 0) is 28.1 Å². The van der Waals surface area contributed by atoms with E-state index in [0.29, 0.717) is 5.56 Å². The molecule has 2 aromatic rings. The third-order valence-electron chi connectivity index (χ3n) is 1.91. The SMILES string of the molecule is O=Cc1cccc(Br)c1-n1ccnc1. The number of para-hydroxylation sites is 1. The minimum Gasteiger partial charge on any atom is -0.304 e. The zero-order valence-electron chi connectivity index (χ0n) is 7.22. The summed E-state index contributed by atoms with van der Waals surface area (Å²) in [4.78, 5) is 14.8. The maximum absolute atomic E-state index is 10.8. The number of rotatable bonds is 2. The van der Waals surface area contributed by atoms with Crippen LogP contribution in [0.2, 0.25) is 0 Å². The Morgan fingerprint density at radius 2 is 2.29 bits per heavy atom. The van der Waals surface area contributed by atoms with Crippen molar-refractivity contribution in [1.82, 2.24) is 9.55 Å². The molecule has 3 nitrogen and oxygen atoms in total. The second-order valence-electron chi connectivity index (χ2n) is 2.77. The Balaban J connectivity index is 2.67. The molecule has 0 saturated carbocycles. The smallest absolute Gasteiger partial charge is 0.152 e. The molecule has 0 radical (unpaired) electrons. The van der Waals surface area contributed by atoms with E-state index in [1.165, 1.54) is 0 Å². The summed E-state index contributed by atoms with van der Waals surface area (Å²) in [6, 6.07) is 5.49. The lowest BCUT2D eigenvalue weighted by Gasteiger charge is -2.07. The van der Waals surface area contributed by atoms with Gasteiger partial charge in [-0.2, -0.15) is 0 Å². The van der Waals surface area contributed by atoms with Crippen LogP contribution in [0.4, 0.5) is 0 Å². The average molecular weight is 251 g/mol. The lowest BCUT2D eigenvalue weighted by Crippen LogP contribution is -1.97. The molecule has 1 aromatic carbocycles. The first kappa shape index (κ1) is 9.15. The molecule has 0 amide bonds.